The standard InChI is InChI=1S/C23H36N2O3/c1-17(26)9-12-25-13-10-19(11-14-25)22(24(2)23(27)20-7-8-20)16-18-5-4-6-21(15-18)28-3/h4-6,15,17,19-20,22,26H,7-14,16H2,1-3H3. The van der Waals surface area contributed by atoms with Gasteiger partial charge in [-0.3, -0.25) is 4.79 Å². The van der Waals surface area contributed by atoms with Crippen LogP contribution in [0.4, 0.5) is 0 Å². The summed E-state index contributed by atoms with van der Waals surface area (Å²) in [4.78, 5) is 17.3. The van der Waals surface area contributed by atoms with Crippen molar-refractivity contribution < 1.29 is 14.6 Å². The van der Waals surface area contributed by atoms with Crippen LogP contribution in [0, 0.1) is 11.8 Å². The Morgan fingerprint density at radius 1 is 1.29 bits per heavy atom. The highest BCUT2D eigenvalue weighted by molar-refractivity contribution is 5.81. The highest BCUT2D eigenvalue weighted by atomic mass is 16.5. The number of ether oxygens (including phenoxy) is 1. The van der Waals surface area contributed by atoms with Crippen molar-refractivity contribution in [1.29, 1.82) is 0 Å². The van der Waals surface area contributed by atoms with Crippen molar-refractivity contribution in [2.24, 2.45) is 11.8 Å². The summed E-state index contributed by atoms with van der Waals surface area (Å²) in [6, 6.07) is 8.48. The molecular formula is C23H36N2O3. The average molecular weight is 389 g/mol. The van der Waals surface area contributed by atoms with E-state index in [4.69, 9.17) is 4.74 Å². The van der Waals surface area contributed by atoms with E-state index < -0.39 is 0 Å². The lowest BCUT2D eigenvalue weighted by molar-refractivity contribution is -0.134. The Morgan fingerprint density at radius 2 is 2.00 bits per heavy atom. The summed E-state index contributed by atoms with van der Waals surface area (Å²) in [6.07, 6.45) is 5.79. The number of hydrogen-bond acceptors (Lipinski definition) is 4. The molecule has 2 atom stereocenters. The van der Waals surface area contributed by atoms with Gasteiger partial charge in [0, 0.05) is 25.6 Å². The second-order valence-corrected chi connectivity index (χ2v) is 8.66. The SMILES string of the molecule is COc1cccc(CC(C2CCN(CCC(C)O)CC2)N(C)C(=O)C2CC2)c1. The zero-order valence-electron chi connectivity index (χ0n) is 17.6. The van der Waals surface area contributed by atoms with Crippen LogP contribution in [0.3, 0.4) is 0 Å². The number of hydrogen-bond donors (Lipinski definition) is 1. The van der Waals surface area contributed by atoms with Crippen LogP contribution in [0.25, 0.3) is 0 Å². The van der Waals surface area contributed by atoms with Crippen molar-refractivity contribution in [2.45, 2.75) is 57.6 Å². The summed E-state index contributed by atoms with van der Waals surface area (Å²) < 4.78 is 5.39. The van der Waals surface area contributed by atoms with Crippen molar-refractivity contribution in [3.05, 3.63) is 29.8 Å². The summed E-state index contributed by atoms with van der Waals surface area (Å²) in [6.45, 7) is 4.92. The summed E-state index contributed by atoms with van der Waals surface area (Å²) in [5, 5.41) is 9.54. The fourth-order valence-electron chi connectivity index (χ4n) is 4.37. The lowest BCUT2D eigenvalue weighted by atomic mass is 9.84. The van der Waals surface area contributed by atoms with E-state index in [9.17, 15) is 9.90 Å². The van der Waals surface area contributed by atoms with E-state index in [1.807, 2.05) is 31.0 Å². The van der Waals surface area contributed by atoms with Crippen molar-refractivity contribution in [1.82, 2.24) is 9.80 Å². The number of carbonyl (C=O) groups is 1. The number of aliphatic hydroxyl groups is 1. The number of rotatable bonds is 9. The first-order valence-electron chi connectivity index (χ1n) is 10.8. The van der Waals surface area contributed by atoms with Crippen LogP contribution in [0.1, 0.15) is 44.6 Å². The molecule has 1 aliphatic carbocycles. The topological polar surface area (TPSA) is 53.0 Å². The van der Waals surface area contributed by atoms with Gasteiger partial charge in [0.15, 0.2) is 0 Å². The predicted octanol–water partition coefficient (Wildman–Crippen LogP) is 2.96. The average Bonchev–Trinajstić information content (AvgIpc) is 3.55. The number of amides is 1. The summed E-state index contributed by atoms with van der Waals surface area (Å²) in [7, 11) is 3.70. The number of likely N-dealkylation sites (tertiary alicyclic amines) is 1. The molecule has 1 saturated heterocycles. The van der Waals surface area contributed by atoms with Gasteiger partial charge in [-0.2, -0.15) is 0 Å². The van der Waals surface area contributed by atoms with E-state index >= 15 is 0 Å². The van der Waals surface area contributed by atoms with Gasteiger partial charge >= 0.3 is 0 Å². The van der Waals surface area contributed by atoms with Gasteiger partial charge in [-0.15, -0.1) is 0 Å². The normalized spacial score (nSPS) is 20.6. The van der Waals surface area contributed by atoms with Gasteiger partial charge < -0.3 is 19.6 Å². The maximum Gasteiger partial charge on any atom is 0.225 e. The number of nitrogens with zero attached hydrogens (tertiary/aromatic N) is 2. The third-order valence-electron chi connectivity index (χ3n) is 6.39. The second-order valence-electron chi connectivity index (χ2n) is 8.66. The van der Waals surface area contributed by atoms with E-state index in [1.165, 1.54) is 5.56 Å². The fraction of sp³-hybridized carbons (Fsp3) is 0.696. The molecule has 0 spiro atoms. The summed E-state index contributed by atoms with van der Waals surface area (Å²) in [5.74, 6) is 1.97. The first-order chi connectivity index (χ1) is 13.5. The molecule has 1 aliphatic heterocycles. The zero-order valence-corrected chi connectivity index (χ0v) is 17.6. The molecule has 28 heavy (non-hydrogen) atoms. The Balaban J connectivity index is 1.66. The molecule has 2 aliphatic rings. The summed E-state index contributed by atoms with van der Waals surface area (Å²) in [5.41, 5.74) is 1.23. The molecule has 1 saturated carbocycles. The first-order valence-corrected chi connectivity index (χ1v) is 10.8. The molecule has 0 radical (unpaired) electrons. The van der Waals surface area contributed by atoms with Gasteiger partial charge in [-0.05, 0) is 82.2 Å². The number of benzene rings is 1. The van der Waals surface area contributed by atoms with Gasteiger partial charge in [0.1, 0.15) is 5.75 Å². The van der Waals surface area contributed by atoms with Crippen molar-refractivity contribution in [3.63, 3.8) is 0 Å². The molecule has 0 aromatic heterocycles. The number of aliphatic hydroxyl groups excluding tert-OH is 1. The van der Waals surface area contributed by atoms with E-state index in [0.717, 1.165) is 63.9 Å². The Bertz CT molecular complexity index is 636. The van der Waals surface area contributed by atoms with Crippen LogP contribution in [0.15, 0.2) is 24.3 Å². The smallest absolute Gasteiger partial charge is 0.225 e. The van der Waals surface area contributed by atoms with Crippen LogP contribution in [-0.4, -0.2) is 66.8 Å². The lowest BCUT2D eigenvalue weighted by Crippen LogP contribution is -2.48. The maximum absolute atomic E-state index is 12.8. The predicted molar refractivity (Wildman–Crippen MR) is 111 cm³/mol. The van der Waals surface area contributed by atoms with E-state index in [1.54, 1.807) is 7.11 Å². The van der Waals surface area contributed by atoms with E-state index in [2.05, 4.69) is 17.0 Å². The van der Waals surface area contributed by atoms with Gasteiger partial charge in [-0.25, -0.2) is 0 Å². The second kappa shape index (κ2) is 9.75. The molecule has 1 N–H and O–H groups in total. The zero-order chi connectivity index (χ0) is 20.1. The molecule has 0 bridgehead atoms. The molecular weight excluding hydrogens is 352 g/mol. The van der Waals surface area contributed by atoms with Crippen molar-refractivity contribution in [2.75, 3.05) is 33.8 Å². The minimum Gasteiger partial charge on any atom is -0.497 e. The van der Waals surface area contributed by atoms with E-state index in [-0.39, 0.29) is 18.1 Å². The minimum absolute atomic E-state index is 0.235. The van der Waals surface area contributed by atoms with Crippen LogP contribution < -0.4 is 4.74 Å². The largest absolute Gasteiger partial charge is 0.497 e. The Labute approximate surface area is 169 Å². The molecule has 1 amide bonds. The minimum atomic E-state index is -0.235. The molecule has 156 valence electrons. The monoisotopic (exact) mass is 388 g/mol. The maximum atomic E-state index is 12.8. The molecule has 1 aromatic carbocycles. The molecule has 2 fully saturated rings. The van der Waals surface area contributed by atoms with E-state index in [0.29, 0.717) is 11.8 Å². The highest BCUT2D eigenvalue weighted by Gasteiger charge is 2.37. The lowest BCUT2D eigenvalue weighted by Gasteiger charge is -2.40. The molecule has 3 rings (SSSR count). The molecule has 2 unspecified atom stereocenters. The Hall–Kier alpha value is -1.59. The quantitative estimate of drug-likeness (QED) is 0.707. The molecule has 1 heterocycles. The van der Waals surface area contributed by atoms with Crippen molar-refractivity contribution in [3.8, 4) is 5.75 Å². The van der Waals surface area contributed by atoms with Crippen LogP contribution in [-0.2, 0) is 11.2 Å². The number of carbonyl (C=O) groups excluding carboxylic acids is 1. The Morgan fingerprint density at radius 3 is 2.61 bits per heavy atom. The first kappa shape index (κ1) is 21.1. The fourth-order valence-corrected chi connectivity index (χ4v) is 4.37. The molecule has 1 aromatic rings. The highest BCUT2D eigenvalue weighted by Crippen LogP contribution is 2.34. The van der Waals surface area contributed by atoms with Crippen LogP contribution in [0.2, 0.25) is 0 Å². The van der Waals surface area contributed by atoms with Gasteiger partial charge in [0.25, 0.3) is 0 Å². The number of methoxy groups -OCH3 is 1. The molecule has 5 heteroatoms. The summed E-state index contributed by atoms with van der Waals surface area (Å²) >= 11 is 0. The third kappa shape index (κ3) is 5.71. The molecule has 5 nitrogen and oxygen atoms in total. The van der Waals surface area contributed by atoms with Gasteiger partial charge in [0.2, 0.25) is 5.91 Å². The van der Waals surface area contributed by atoms with Gasteiger partial charge in [-0.1, -0.05) is 12.1 Å². The Kier molecular flexibility index (Phi) is 7.36. The van der Waals surface area contributed by atoms with Gasteiger partial charge in [0.05, 0.1) is 13.2 Å². The van der Waals surface area contributed by atoms with Crippen LogP contribution in [0.5, 0.6) is 5.75 Å². The number of piperidine rings is 1. The third-order valence-corrected chi connectivity index (χ3v) is 6.39. The van der Waals surface area contributed by atoms with Crippen LogP contribution >= 0.6 is 0 Å². The number of likely N-dealkylation sites (N-methyl/N-ethyl adjacent to an activating group) is 1. The van der Waals surface area contributed by atoms with Crippen molar-refractivity contribution >= 4 is 5.91 Å².